The van der Waals surface area contributed by atoms with E-state index in [0.717, 1.165) is 11.3 Å². The monoisotopic (exact) mass is 423 g/mol. The first-order valence-electron chi connectivity index (χ1n) is 10.6. The van der Waals surface area contributed by atoms with Gasteiger partial charge in [-0.15, -0.1) is 0 Å². The van der Waals surface area contributed by atoms with Crippen LogP contribution in [-0.4, -0.2) is 32.8 Å². The van der Waals surface area contributed by atoms with Crippen LogP contribution in [0.15, 0.2) is 77.6 Å². The Hall–Kier alpha value is -4.06. The Balaban J connectivity index is 1.47. The van der Waals surface area contributed by atoms with Crippen molar-refractivity contribution in [2.45, 2.75) is 19.8 Å². The van der Waals surface area contributed by atoms with Crippen LogP contribution in [-0.2, 0) is 6.42 Å². The van der Waals surface area contributed by atoms with Crippen LogP contribution in [0, 0.1) is 6.92 Å². The summed E-state index contributed by atoms with van der Waals surface area (Å²) in [5, 5.41) is 0.554. The van der Waals surface area contributed by atoms with Crippen molar-refractivity contribution in [1.29, 1.82) is 0 Å². The molecule has 0 unspecified atom stereocenters. The van der Waals surface area contributed by atoms with Gasteiger partial charge in [0.25, 0.3) is 17.4 Å². The molecule has 0 atom stereocenters. The molecule has 2 heterocycles. The number of imide groups is 1. The predicted molar refractivity (Wildman–Crippen MR) is 122 cm³/mol. The molecule has 3 aromatic carbocycles. The zero-order valence-electron chi connectivity index (χ0n) is 17.6. The van der Waals surface area contributed by atoms with Gasteiger partial charge in [0.05, 0.1) is 27.7 Å². The Morgan fingerprint density at radius 3 is 2.22 bits per heavy atom. The number of aromatic nitrogens is 2. The van der Waals surface area contributed by atoms with Crippen LogP contribution in [0.2, 0.25) is 0 Å². The van der Waals surface area contributed by atoms with E-state index in [9.17, 15) is 14.4 Å². The molecule has 0 bridgehead atoms. The molecule has 1 aliphatic heterocycles. The van der Waals surface area contributed by atoms with Gasteiger partial charge in [-0.05, 0) is 55.3 Å². The molecular weight excluding hydrogens is 402 g/mol. The molecular formula is C26H21N3O3. The molecule has 1 aromatic heterocycles. The summed E-state index contributed by atoms with van der Waals surface area (Å²) in [7, 11) is 0. The maximum atomic E-state index is 13.3. The molecule has 158 valence electrons. The van der Waals surface area contributed by atoms with Gasteiger partial charge in [0.15, 0.2) is 0 Å². The quantitative estimate of drug-likeness (QED) is 0.456. The molecule has 1 aliphatic rings. The number of amides is 2. The highest BCUT2D eigenvalue weighted by Crippen LogP contribution is 2.23. The number of benzene rings is 3. The van der Waals surface area contributed by atoms with E-state index in [2.05, 4.69) is 0 Å². The number of rotatable bonds is 5. The van der Waals surface area contributed by atoms with Gasteiger partial charge in [0.1, 0.15) is 5.82 Å². The summed E-state index contributed by atoms with van der Waals surface area (Å²) in [6, 6.07) is 21.9. The Bertz CT molecular complexity index is 1400. The van der Waals surface area contributed by atoms with E-state index in [1.807, 2.05) is 49.4 Å². The van der Waals surface area contributed by atoms with Crippen molar-refractivity contribution in [3.8, 4) is 5.69 Å². The molecule has 6 heteroatoms. The third-order valence-electron chi connectivity index (χ3n) is 5.77. The summed E-state index contributed by atoms with van der Waals surface area (Å²) in [4.78, 5) is 44.7. The molecule has 6 nitrogen and oxygen atoms in total. The molecule has 0 fully saturated rings. The molecule has 0 aliphatic carbocycles. The topological polar surface area (TPSA) is 72.3 Å². The Kier molecular flexibility index (Phi) is 4.90. The lowest BCUT2D eigenvalue weighted by molar-refractivity contribution is 0.0652. The van der Waals surface area contributed by atoms with Crippen LogP contribution in [0.1, 0.15) is 38.5 Å². The number of carbonyl (C=O) groups excluding carboxylic acids is 2. The standard InChI is InChI=1S/C26H21N3O3/c1-17-8-6-9-18(16-17)29-23(27-22-13-5-4-12-21(22)26(29)32)14-7-15-28-24(30)19-10-2-3-11-20(19)25(28)31/h2-6,8-13,16H,7,14-15H2,1H3. The van der Waals surface area contributed by atoms with Crippen molar-refractivity contribution in [3.63, 3.8) is 0 Å². The number of hydrogen-bond acceptors (Lipinski definition) is 4. The third kappa shape index (κ3) is 3.30. The smallest absolute Gasteiger partial charge is 0.265 e. The number of nitrogens with zero attached hydrogens (tertiary/aromatic N) is 3. The second-order valence-corrected chi connectivity index (χ2v) is 7.94. The largest absolute Gasteiger partial charge is 0.274 e. The molecule has 0 N–H and O–H groups in total. The molecule has 0 spiro atoms. The van der Waals surface area contributed by atoms with Gasteiger partial charge in [-0.1, -0.05) is 36.4 Å². The van der Waals surface area contributed by atoms with E-state index in [0.29, 0.717) is 40.7 Å². The van der Waals surface area contributed by atoms with Crippen LogP contribution >= 0.6 is 0 Å². The molecule has 32 heavy (non-hydrogen) atoms. The number of hydrogen-bond donors (Lipinski definition) is 0. The van der Waals surface area contributed by atoms with Crippen molar-refractivity contribution < 1.29 is 9.59 Å². The van der Waals surface area contributed by atoms with E-state index in [1.165, 1.54) is 4.90 Å². The Labute approximate surface area is 184 Å². The number of aryl methyl sites for hydroxylation is 2. The van der Waals surface area contributed by atoms with Gasteiger partial charge in [0, 0.05) is 13.0 Å². The number of fused-ring (bicyclic) bond motifs is 2. The lowest BCUT2D eigenvalue weighted by Gasteiger charge is -2.16. The Morgan fingerprint density at radius 1 is 0.812 bits per heavy atom. The minimum Gasteiger partial charge on any atom is -0.274 e. The second kappa shape index (κ2) is 7.89. The van der Waals surface area contributed by atoms with E-state index in [4.69, 9.17) is 4.98 Å². The van der Waals surface area contributed by atoms with Crippen LogP contribution in [0.4, 0.5) is 0 Å². The van der Waals surface area contributed by atoms with Gasteiger partial charge in [0.2, 0.25) is 0 Å². The molecule has 5 rings (SSSR count). The lowest BCUT2D eigenvalue weighted by Crippen LogP contribution is -2.31. The summed E-state index contributed by atoms with van der Waals surface area (Å²) < 4.78 is 1.64. The molecule has 0 saturated heterocycles. The van der Waals surface area contributed by atoms with Crippen LogP contribution in [0.3, 0.4) is 0 Å². The fraction of sp³-hybridized carbons (Fsp3) is 0.154. The summed E-state index contributed by atoms with van der Waals surface area (Å²) >= 11 is 0. The normalized spacial score (nSPS) is 13.1. The van der Waals surface area contributed by atoms with E-state index in [1.54, 1.807) is 34.9 Å². The minimum absolute atomic E-state index is 0.128. The van der Waals surface area contributed by atoms with Crippen molar-refractivity contribution in [1.82, 2.24) is 14.5 Å². The minimum atomic E-state index is -0.270. The van der Waals surface area contributed by atoms with E-state index < -0.39 is 0 Å². The average molecular weight is 423 g/mol. The molecule has 4 aromatic rings. The fourth-order valence-corrected chi connectivity index (χ4v) is 4.22. The van der Waals surface area contributed by atoms with E-state index >= 15 is 0 Å². The summed E-state index contributed by atoms with van der Waals surface area (Å²) in [5.41, 5.74) is 3.19. The summed E-state index contributed by atoms with van der Waals surface area (Å²) in [5.74, 6) is 0.0669. The van der Waals surface area contributed by atoms with Crippen molar-refractivity contribution in [3.05, 3.63) is 106 Å². The van der Waals surface area contributed by atoms with E-state index in [-0.39, 0.29) is 23.9 Å². The first-order chi connectivity index (χ1) is 15.5. The van der Waals surface area contributed by atoms with Crippen molar-refractivity contribution in [2.75, 3.05) is 6.54 Å². The summed E-state index contributed by atoms with van der Waals surface area (Å²) in [6.07, 6.45) is 0.948. The SMILES string of the molecule is Cc1cccc(-n2c(CCCN3C(=O)c4ccccc4C3=O)nc3ccccc3c2=O)c1. The average Bonchev–Trinajstić information content (AvgIpc) is 3.04. The van der Waals surface area contributed by atoms with Crippen molar-refractivity contribution >= 4 is 22.7 Å². The van der Waals surface area contributed by atoms with Crippen LogP contribution in [0.25, 0.3) is 16.6 Å². The number of para-hydroxylation sites is 1. The van der Waals surface area contributed by atoms with Crippen LogP contribution in [0.5, 0.6) is 0 Å². The first kappa shape index (κ1) is 19.9. The zero-order valence-corrected chi connectivity index (χ0v) is 17.6. The van der Waals surface area contributed by atoms with Crippen LogP contribution < -0.4 is 5.56 Å². The second-order valence-electron chi connectivity index (χ2n) is 7.94. The summed E-state index contributed by atoms with van der Waals surface area (Å²) in [6.45, 7) is 2.24. The van der Waals surface area contributed by atoms with Gasteiger partial charge in [-0.25, -0.2) is 4.98 Å². The molecule has 0 radical (unpaired) electrons. The van der Waals surface area contributed by atoms with Gasteiger partial charge >= 0.3 is 0 Å². The Morgan fingerprint density at radius 2 is 1.50 bits per heavy atom. The first-order valence-corrected chi connectivity index (χ1v) is 10.6. The lowest BCUT2D eigenvalue weighted by atomic mass is 10.1. The highest BCUT2D eigenvalue weighted by molar-refractivity contribution is 6.21. The highest BCUT2D eigenvalue weighted by Gasteiger charge is 2.34. The zero-order chi connectivity index (χ0) is 22.2. The molecule has 0 saturated carbocycles. The highest BCUT2D eigenvalue weighted by atomic mass is 16.2. The van der Waals surface area contributed by atoms with Gasteiger partial charge in [-0.2, -0.15) is 0 Å². The maximum Gasteiger partial charge on any atom is 0.265 e. The van der Waals surface area contributed by atoms with Gasteiger partial charge < -0.3 is 0 Å². The maximum absolute atomic E-state index is 13.3. The molecule has 2 amide bonds. The van der Waals surface area contributed by atoms with Crippen molar-refractivity contribution in [2.24, 2.45) is 0 Å². The third-order valence-corrected chi connectivity index (χ3v) is 5.77. The predicted octanol–water partition coefficient (Wildman–Crippen LogP) is 3.92. The van der Waals surface area contributed by atoms with Gasteiger partial charge in [-0.3, -0.25) is 23.9 Å². The fourth-order valence-electron chi connectivity index (χ4n) is 4.22. The number of carbonyl (C=O) groups is 2.